The van der Waals surface area contributed by atoms with E-state index < -0.39 is 0 Å². The normalized spacial score (nSPS) is 18.8. The number of rotatable bonds is 3. The van der Waals surface area contributed by atoms with Gasteiger partial charge in [-0.05, 0) is 43.4 Å². The van der Waals surface area contributed by atoms with Gasteiger partial charge in [0.25, 0.3) is 0 Å². The molecule has 1 atom stereocenters. The van der Waals surface area contributed by atoms with Gasteiger partial charge in [-0.1, -0.05) is 6.92 Å². The Balaban J connectivity index is 1.71. The average molecular weight is 342 g/mol. The lowest BCUT2D eigenvalue weighted by atomic mass is 10.0. The Labute approximate surface area is 146 Å². The monoisotopic (exact) mass is 342 g/mol. The molecule has 0 saturated carbocycles. The van der Waals surface area contributed by atoms with E-state index in [4.69, 9.17) is 5.73 Å². The van der Waals surface area contributed by atoms with Crippen molar-refractivity contribution in [2.45, 2.75) is 51.2 Å². The minimum Gasteiger partial charge on any atom is -0.368 e. The molecule has 2 aliphatic rings. The molecule has 7 heteroatoms. The Morgan fingerprint density at radius 3 is 3.00 bits per heavy atom. The predicted octanol–water partition coefficient (Wildman–Crippen LogP) is 2.69. The van der Waals surface area contributed by atoms with Crippen LogP contribution in [-0.4, -0.2) is 20.7 Å². The van der Waals surface area contributed by atoms with Crippen molar-refractivity contribution in [3.05, 3.63) is 34.1 Å². The number of anilines is 2. The fourth-order valence-corrected chi connectivity index (χ4v) is 4.76. The molecule has 4 rings (SSSR count). The molecule has 0 spiro atoms. The number of thioether (sulfide) groups is 1. The Bertz CT molecular complexity index is 806. The summed E-state index contributed by atoms with van der Waals surface area (Å²) in [5, 5.41) is 3.11. The van der Waals surface area contributed by atoms with E-state index in [2.05, 4.69) is 46.2 Å². The minimum atomic E-state index is 0.285. The third-order valence-electron chi connectivity index (χ3n) is 4.91. The van der Waals surface area contributed by atoms with Crippen LogP contribution in [0.3, 0.4) is 0 Å². The summed E-state index contributed by atoms with van der Waals surface area (Å²) < 4.78 is 0. The minimum absolute atomic E-state index is 0.285. The van der Waals surface area contributed by atoms with Gasteiger partial charge in [0.05, 0.1) is 18.3 Å². The highest BCUT2D eigenvalue weighted by atomic mass is 32.2. The molecule has 126 valence electrons. The number of hydrazine groups is 1. The zero-order chi connectivity index (χ0) is 16.8. The van der Waals surface area contributed by atoms with Gasteiger partial charge in [-0.25, -0.2) is 10.4 Å². The van der Waals surface area contributed by atoms with E-state index in [0.29, 0.717) is 12.5 Å². The molecule has 0 bridgehead atoms. The molecule has 0 aromatic carbocycles. The van der Waals surface area contributed by atoms with Crippen molar-refractivity contribution in [2.75, 3.05) is 16.5 Å². The number of nitrogen functional groups attached to an aromatic ring is 1. The standard InChI is InChI=1S/C17H22N6S/c1-4-11-9(2)7-19-13(10(11)3)8-23-15-14-12(22-23)5-6-24-16(14)21-17(18)20-15/h7,12,22H,4-6,8H2,1-3H3,(H2,18,20,21). The second kappa shape index (κ2) is 5.89. The molecule has 0 radical (unpaired) electrons. The first-order valence-electron chi connectivity index (χ1n) is 8.36. The van der Waals surface area contributed by atoms with Crippen molar-refractivity contribution in [1.82, 2.24) is 20.4 Å². The van der Waals surface area contributed by atoms with Gasteiger partial charge in [0, 0.05) is 17.5 Å². The molecular weight excluding hydrogens is 320 g/mol. The summed E-state index contributed by atoms with van der Waals surface area (Å²) in [6.45, 7) is 7.17. The van der Waals surface area contributed by atoms with E-state index in [0.717, 1.165) is 35.1 Å². The maximum atomic E-state index is 5.92. The molecule has 4 heterocycles. The second-order valence-corrected chi connectivity index (χ2v) is 7.46. The van der Waals surface area contributed by atoms with Crippen LogP contribution in [-0.2, 0) is 13.0 Å². The molecule has 2 aromatic rings. The largest absolute Gasteiger partial charge is 0.368 e. The van der Waals surface area contributed by atoms with Crippen LogP contribution in [0.4, 0.5) is 11.8 Å². The SMILES string of the molecule is CCc1c(C)cnc(CN2NC3CCSc4nc(N)nc2c43)c1C. The van der Waals surface area contributed by atoms with E-state index in [9.17, 15) is 0 Å². The lowest BCUT2D eigenvalue weighted by Crippen LogP contribution is -2.35. The number of aryl methyl sites for hydroxylation is 1. The first kappa shape index (κ1) is 15.7. The van der Waals surface area contributed by atoms with Crippen LogP contribution in [0.15, 0.2) is 11.2 Å². The van der Waals surface area contributed by atoms with E-state index >= 15 is 0 Å². The van der Waals surface area contributed by atoms with Crippen LogP contribution in [0, 0.1) is 13.8 Å². The first-order chi connectivity index (χ1) is 11.6. The van der Waals surface area contributed by atoms with Gasteiger partial charge < -0.3 is 5.73 Å². The molecule has 3 N–H and O–H groups in total. The lowest BCUT2D eigenvalue weighted by molar-refractivity contribution is 0.520. The van der Waals surface area contributed by atoms with Gasteiger partial charge in [-0.3, -0.25) is 9.99 Å². The van der Waals surface area contributed by atoms with E-state index in [-0.39, 0.29) is 6.04 Å². The van der Waals surface area contributed by atoms with Crippen molar-refractivity contribution in [3.8, 4) is 0 Å². The van der Waals surface area contributed by atoms with Gasteiger partial charge in [0.15, 0.2) is 5.82 Å². The molecule has 0 aliphatic carbocycles. The van der Waals surface area contributed by atoms with Crippen molar-refractivity contribution >= 4 is 23.5 Å². The summed E-state index contributed by atoms with van der Waals surface area (Å²) in [6, 6.07) is 0.285. The summed E-state index contributed by atoms with van der Waals surface area (Å²) in [7, 11) is 0. The van der Waals surface area contributed by atoms with Crippen LogP contribution >= 0.6 is 11.8 Å². The van der Waals surface area contributed by atoms with Crippen LogP contribution in [0.25, 0.3) is 0 Å². The third kappa shape index (κ3) is 2.43. The number of hydrogen-bond donors (Lipinski definition) is 2. The highest BCUT2D eigenvalue weighted by Crippen LogP contribution is 2.44. The Morgan fingerprint density at radius 1 is 1.38 bits per heavy atom. The van der Waals surface area contributed by atoms with Crippen LogP contribution in [0.2, 0.25) is 0 Å². The molecule has 6 nitrogen and oxygen atoms in total. The van der Waals surface area contributed by atoms with Gasteiger partial charge in [0.1, 0.15) is 5.03 Å². The predicted molar refractivity (Wildman–Crippen MR) is 96.9 cm³/mol. The van der Waals surface area contributed by atoms with Crippen molar-refractivity contribution < 1.29 is 0 Å². The Morgan fingerprint density at radius 2 is 2.21 bits per heavy atom. The van der Waals surface area contributed by atoms with E-state index in [1.807, 2.05) is 6.20 Å². The molecule has 24 heavy (non-hydrogen) atoms. The molecule has 0 amide bonds. The zero-order valence-electron chi connectivity index (χ0n) is 14.3. The molecule has 0 fully saturated rings. The number of nitrogens with one attached hydrogen (secondary N) is 1. The van der Waals surface area contributed by atoms with Gasteiger partial charge in [0.2, 0.25) is 5.95 Å². The highest BCUT2D eigenvalue weighted by molar-refractivity contribution is 7.99. The van der Waals surface area contributed by atoms with Crippen molar-refractivity contribution in [1.29, 1.82) is 0 Å². The lowest BCUT2D eigenvalue weighted by Gasteiger charge is -2.22. The fourth-order valence-electron chi connectivity index (χ4n) is 3.66. The van der Waals surface area contributed by atoms with Gasteiger partial charge in [-0.2, -0.15) is 4.98 Å². The summed E-state index contributed by atoms with van der Waals surface area (Å²) in [5.41, 5.74) is 15.7. The first-order valence-corrected chi connectivity index (χ1v) is 9.35. The summed E-state index contributed by atoms with van der Waals surface area (Å²) >= 11 is 1.77. The van der Waals surface area contributed by atoms with Gasteiger partial charge >= 0.3 is 0 Å². The Kier molecular flexibility index (Phi) is 3.85. The topological polar surface area (TPSA) is 80.0 Å². The number of aromatic nitrogens is 3. The molecular formula is C17H22N6S. The fraction of sp³-hybridized carbons (Fsp3) is 0.471. The molecule has 2 aromatic heterocycles. The molecule has 0 saturated heterocycles. The zero-order valence-corrected chi connectivity index (χ0v) is 15.1. The Hall–Kier alpha value is -1.86. The summed E-state index contributed by atoms with van der Waals surface area (Å²) in [5.74, 6) is 2.30. The number of nitrogens with zero attached hydrogens (tertiary/aromatic N) is 4. The summed E-state index contributed by atoms with van der Waals surface area (Å²) in [6.07, 6.45) is 4.08. The average Bonchev–Trinajstić information content (AvgIpc) is 2.90. The van der Waals surface area contributed by atoms with Crippen LogP contribution in [0.5, 0.6) is 0 Å². The number of hydrogen-bond acceptors (Lipinski definition) is 7. The quantitative estimate of drug-likeness (QED) is 0.830. The number of nitrogens with two attached hydrogens (primary N) is 1. The maximum Gasteiger partial charge on any atom is 0.223 e. The van der Waals surface area contributed by atoms with Crippen molar-refractivity contribution in [2.24, 2.45) is 0 Å². The third-order valence-corrected chi connectivity index (χ3v) is 5.93. The molecule has 2 aliphatic heterocycles. The highest BCUT2D eigenvalue weighted by Gasteiger charge is 2.36. The van der Waals surface area contributed by atoms with Crippen LogP contribution < -0.4 is 16.2 Å². The van der Waals surface area contributed by atoms with Gasteiger partial charge in [-0.15, -0.1) is 11.8 Å². The second-order valence-electron chi connectivity index (χ2n) is 6.37. The number of pyridine rings is 1. The summed E-state index contributed by atoms with van der Waals surface area (Å²) in [4.78, 5) is 13.6. The van der Waals surface area contributed by atoms with Crippen LogP contribution in [0.1, 0.15) is 47.3 Å². The maximum absolute atomic E-state index is 5.92. The van der Waals surface area contributed by atoms with E-state index in [1.165, 1.54) is 22.3 Å². The molecule has 1 unspecified atom stereocenters. The van der Waals surface area contributed by atoms with Crippen molar-refractivity contribution in [3.63, 3.8) is 0 Å². The van der Waals surface area contributed by atoms with E-state index in [1.54, 1.807) is 11.8 Å². The smallest absolute Gasteiger partial charge is 0.223 e.